The number of amides is 1. The van der Waals surface area contributed by atoms with Gasteiger partial charge in [0.1, 0.15) is 17.8 Å². The van der Waals surface area contributed by atoms with Gasteiger partial charge in [-0.2, -0.15) is 0 Å². The zero-order chi connectivity index (χ0) is 23.1. The van der Waals surface area contributed by atoms with E-state index in [2.05, 4.69) is 26.1 Å². The first-order valence-electron chi connectivity index (χ1n) is 9.06. The average Bonchev–Trinajstić information content (AvgIpc) is 2.79. The van der Waals surface area contributed by atoms with Gasteiger partial charge < -0.3 is 20.5 Å². The highest BCUT2D eigenvalue weighted by molar-refractivity contribution is 6.35. The monoisotopic (exact) mass is 476 g/mol. The Balaban J connectivity index is 1.63. The molecule has 3 rings (SSSR count). The molecule has 12 heteroatoms. The number of rotatable bonds is 8. The van der Waals surface area contributed by atoms with Crippen LogP contribution in [-0.2, 0) is 9.53 Å². The summed E-state index contributed by atoms with van der Waals surface area (Å²) in [7, 11) is 1.29. The third-order valence-electron chi connectivity index (χ3n) is 4.04. The lowest BCUT2D eigenvalue weighted by atomic mass is 10.2. The number of nitrogens with one attached hydrogen (secondary N) is 3. The number of hydrazine groups is 1. The van der Waals surface area contributed by atoms with Crippen LogP contribution in [0.5, 0.6) is 5.75 Å². The van der Waals surface area contributed by atoms with Gasteiger partial charge in [-0.3, -0.25) is 15.6 Å². The summed E-state index contributed by atoms with van der Waals surface area (Å²) in [6, 6.07) is 11.3. The Kier molecular flexibility index (Phi) is 7.53. The van der Waals surface area contributed by atoms with Crippen LogP contribution in [0.3, 0.4) is 0 Å². The largest absolute Gasteiger partial charge is 0.482 e. The SMILES string of the molecule is COC(=O)c1ccccc1Nc1ncnc(NNC(=O)COc2ccc(Cl)cc2Cl)c1N. The maximum atomic E-state index is 12.1. The van der Waals surface area contributed by atoms with Gasteiger partial charge in [0.2, 0.25) is 0 Å². The zero-order valence-corrected chi connectivity index (χ0v) is 18.2. The fourth-order valence-corrected chi connectivity index (χ4v) is 2.97. The smallest absolute Gasteiger partial charge is 0.339 e. The maximum absolute atomic E-state index is 12.1. The van der Waals surface area contributed by atoms with Crippen molar-refractivity contribution in [2.75, 3.05) is 30.2 Å². The number of para-hydroxylation sites is 1. The van der Waals surface area contributed by atoms with Gasteiger partial charge in [0.25, 0.3) is 5.91 Å². The summed E-state index contributed by atoms with van der Waals surface area (Å²) in [5, 5.41) is 3.69. The predicted molar refractivity (Wildman–Crippen MR) is 121 cm³/mol. The molecule has 5 N–H and O–H groups in total. The van der Waals surface area contributed by atoms with Crippen LogP contribution in [0.4, 0.5) is 23.0 Å². The van der Waals surface area contributed by atoms with E-state index in [4.69, 9.17) is 38.4 Å². The van der Waals surface area contributed by atoms with Crippen molar-refractivity contribution in [3.8, 4) is 5.75 Å². The van der Waals surface area contributed by atoms with Gasteiger partial charge in [-0.1, -0.05) is 35.3 Å². The lowest BCUT2D eigenvalue weighted by molar-refractivity contribution is -0.122. The van der Waals surface area contributed by atoms with Crippen LogP contribution < -0.4 is 26.6 Å². The zero-order valence-electron chi connectivity index (χ0n) is 16.7. The Labute approximate surface area is 193 Å². The minimum absolute atomic E-state index is 0.106. The van der Waals surface area contributed by atoms with Crippen molar-refractivity contribution in [2.45, 2.75) is 0 Å². The quantitative estimate of drug-likeness (QED) is 0.284. The first kappa shape index (κ1) is 22.9. The average molecular weight is 477 g/mol. The fourth-order valence-electron chi connectivity index (χ4n) is 2.50. The van der Waals surface area contributed by atoms with Gasteiger partial charge in [0.05, 0.1) is 23.4 Å². The summed E-state index contributed by atoms with van der Waals surface area (Å²) in [6.07, 6.45) is 1.23. The van der Waals surface area contributed by atoms with Crippen LogP contribution in [0, 0.1) is 0 Å². The van der Waals surface area contributed by atoms with Gasteiger partial charge in [0, 0.05) is 5.02 Å². The molecule has 1 heterocycles. The van der Waals surface area contributed by atoms with E-state index in [9.17, 15) is 9.59 Å². The Morgan fingerprint density at radius 2 is 1.84 bits per heavy atom. The lowest BCUT2D eigenvalue weighted by Crippen LogP contribution is -2.34. The minimum Gasteiger partial charge on any atom is -0.482 e. The molecule has 1 aromatic heterocycles. The van der Waals surface area contributed by atoms with Gasteiger partial charge in [-0.15, -0.1) is 0 Å². The normalized spacial score (nSPS) is 10.2. The van der Waals surface area contributed by atoms with Crippen LogP contribution in [0.2, 0.25) is 10.0 Å². The van der Waals surface area contributed by atoms with E-state index < -0.39 is 11.9 Å². The molecule has 1 amide bonds. The molecule has 0 radical (unpaired) electrons. The van der Waals surface area contributed by atoms with E-state index in [-0.39, 0.29) is 29.0 Å². The number of nitrogen functional groups attached to an aromatic ring is 1. The number of hydrogen-bond donors (Lipinski definition) is 4. The molecule has 0 saturated carbocycles. The molecule has 3 aromatic rings. The lowest BCUT2D eigenvalue weighted by Gasteiger charge is -2.15. The second-order valence-corrected chi connectivity index (χ2v) is 7.03. The number of hydrogen-bond acceptors (Lipinski definition) is 9. The van der Waals surface area contributed by atoms with E-state index >= 15 is 0 Å². The number of anilines is 4. The number of esters is 1. The van der Waals surface area contributed by atoms with Crippen molar-refractivity contribution in [2.24, 2.45) is 0 Å². The standard InChI is InChI=1S/C20H18Cl2N6O4/c1-31-20(30)12-4-2-3-5-14(12)26-18-17(23)19(25-10-24-18)28-27-16(29)9-32-15-7-6-11(21)8-13(15)22/h2-8,10H,9,23H2,1H3,(H,27,29)(H2,24,25,26,28). The van der Waals surface area contributed by atoms with E-state index in [1.807, 2.05) is 0 Å². The molecule has 166 valence electrons. The number of benzene rings is 2. The van der Waals surface area contributed by atoms with E-state index in [1.165, 1.54) is 19.5 Å². The number of ether oxygens (including phenoxy) is 2. The third-order valence-corrected chi connectivity index (χ3v) is 4.57. The minimum atomic E-state index is -0.521. The highest BCUT2D eigenvalue weighted by atomic mass is 35.5. The van der Waals surface area contributed by atoms with E-state index in [0.29, 0.717) is 22.0 Å². The third kappa shape index (κ3) is 5.68. The number of carbonyl (C=O) groups excluding carboxylic acids is 2. The molecule has 0 bridgehead atoms. The molecular weight excluding hydrogens is 459 g/mol. The molecule has 0 fully saturated rings. The van der Waals surface area contributed by atoms with Crippen molar-refractivity contribution in [3.63, 3.8) is 0 Å². The second kappa shape index (κ2) is 10.5. The van der Waals surface area contributed by atoms with Crippen molar-refractivity contribution < 1.29 is 19.1 Å². The molecule has 0 saturated heterocycles. The Morgan fingerprint density at radius 1 is 1.09 bits per heavy atom. The van der Waals surface area contributed by atoms with Crippen LogP contribution in [0.15, 0.2) is 48.8 Å². The van der Waals surface area contributed by atoms with Gasteiger partial charge in [-0.25, -0.2) is 14.8 Å². The number of methoxy groups -OCH3 is 1. The van der Waals surface area contributed by atoms with Crippen LogP contribution in [0.1, 0.15) is 10.4 Å². The fraction of sp³-hybridized carbons (Fsp3) is 0.100. The van der Waals surface area contributed by atoms with Gasteiger partial charge in [-0.05, 0) is 30.3 Å². The van der Waals surface area contributed by atoms with Crippen molar-refractivity contribution in [1.29, 1.82) is 0 Å². The van der Waals surface area contributed by atoms with Crippen molar-refractivity contribution in [3.05, 3.63) is 64.4 Å². The predicted octanol–water partition coefficient (Wildman–Crippen LogP) is 3.42. The number of nitrogens with two attached hydrogens (primary N) is 1. The van der Waals surface area contributed by atoms with Crippen molar-refractivity contribution in [1.82, 2.24) is 15.4 Å². The first-order valence-corrected chi connectivity index (χ1v) is 9.82. The first-order chi connectivity index (χ1) is 15.4. The molecule has 0 aliphatic rings. The number of halogens is 2. The molecule has 0 aliphatic carbocycles. The van der Waals surface area contributed by atoms with Crippen LogP contribution in [-0.4, -0.2) is 35.6 Å². The van der Waals surface area contributed by atoms with E-state index in [0.717, 1.165) is 0 Å². The number of aromatic nitrogens is 2. The molecule has 2 aromatic carbocycles. The summed E-state index contributed by atoms with van der Waals surface area (Å²) in [6.45, 7) is -0.322. The summed E-state index contributed by atoms with van der Waals surface area (Å²) >= 11 is 11.8. The topological polar surface area (TPSA) is 140 Å². The highest BCUT2D eigenvalue weighted by Gasteiger charge is 2.15. The van der Waals surface area contributed by atoms with Crippen LogP contribution >= 0.6 is 23.2 Å². The Morgan fingerprint density at radius 3 is 2.59 bits per heavy atom. The molecule has 0 unspecified atom stereocenters. The second-order valence-electron chi connectivity index (χ2n) is 6.18. The van der Waals surface area contributed by atoms with E-state index in [1.54, 1.807) is 36.4 Å². The van der Waals surface area contributed by atoms with Gasteiger partial charge >= 0.3 is 5.97 Å². The molecule has 32 heavy (non-hydrogen) atoms. The van der Waals surface area contributed by atoms with Crippen LogP contribution in [0.25, 0.3) is 0 Å². The molecule has 10 nitrogen and oxygen atoms in total. The summed E-state index contributed by atoms with van der Waals surface area (Å²) in [4.78, 5) is 32.1. The summed E-state index contributed by atoms with van der Waals surface area (Å²) in [5.74, 6) is -0.372. The Hall–Kier alpha value is -3.76. The Bertz CT molecular complexity index is 1140. The summed E-state index contributed by atoms with van der Waals surface area (Å²) < 4.78 is 10.1. The van der Waals surface area contributed by atoms with Crippen molar-refractivity contribution >= 4 is 58.1 Å². The van der Waals surface area contributed by atoms with Gasteiger partial charge in [0.15, 0.2) is 18.2 Å². The highest BCUT2D eigenvalue weighted by Crippen LogP contribution is 2.28. The summed E-state index contributed by atoms with van der Waals surface area (Å²) in [5.41, 5.74) is 12.0. The molecule has 0 spiro atoms. The number of carbonyl (C=O) groups is 2. The molecular formula is C20H18Cl2N6O4. The molecule has 0 atom stereocenters. The maximum Gasteiger partial charge on any atom is 0.339 e. The number of nitrogens with zero attached hydrogens (tertiary/aromatic N) is 2. The molecule has 0 aliphatic heterocycles.